The van der Waals surface area contributed by atoms with Gasteiger partial charge in [0, 0.05) is 58.6 Å². The van der Waals surface area contributed by atoms with Gasteiger partial charge in [-0.3, -0.25) is 19.0 Å². The van der Waals surface area contributed by atoms with E-state index in [0.29, 0.717) is 32.8 Å². The van der Waals surface area contributed by atoms with E-state index in [9.17, 15) is 9.59 Å². The van der Waals surface area contributed by atoms with Gasteiger partial charge in [-0.25, -0.2) is 29.3 Å². The molecule has 2 aromatic carbocycles. The molecule has 0 aliphatic carbocycles. The lowest BCUT2D eigenvalue weighted by Gasteiger charge is -2.32. The third-order valence-electron chi connectivity index (χ3n) is 14.3. The lowest BCUT2D eigenvalue weighted by molar-refractivity contribution is -0.146. The molecule has 422 valence electrons. The summed E-state index contributed by atoms with van der Waals surface area (Å²) in [6.45, 7) is 27.3. The largest absolute Gasteiger partial charge is 0.498 e. The van der Waals surface area contributed by atoms with E-state index in [1.807, 2.05) is 126 Å². The van der Waals surface area contributed by atoms with E-state index >= 15 is 0 Å². The van der Waals surface area contributed by atoms with Gasteiger partial charge < -0.3 is 37.4 Å². The van der Waals surface area contributed by atoms with Crippen LogP contribution < -0.4 is 14.9 Å². The van der Waals surface area contributed by atoms with E-state index in [4.69, 9.17) is 38.2 Å². The number of esters is 2. The highest BCUT2D eigenvalue weighted by Crippen LogP contribution is 2.39. The summed E-state index contributed by atoms with van der Waals surface area (Å²) in [6.07, 6.45) is 11.4. The standard InChI is InChI=1S/C25H29N7O3.C17H18BrN5O.C14H23BN2O4/c1-15(2)32-24(27-17(4)29-32)21-14-30-8-9-35-22-10-18(6-7-20(22)23(30)28-21)19-11-26-31(13-19)12-16(3)25(33)34-5;1-10(2)23-17(19-11(3)21-23)14-9-22-6-7-24-15-8-12(18)4-5-13(15)16(22)20-14;1-10(12(18)19-6)8-17-9-11(7-16-17)15-20-13(2,3)14(4,5)21-15/h6-7,10-11,13-16H,8-9,12H2,1-5H3;4-5,8-10H,6-7H2,1-3H3;7,9-10H,8H2,1-6H3. The summed E-state index contributed by atoms with van der Waals surface area (Å²) >= 11 is 3.50. The molecule has 3 aliphatic heterocycles. The highest BCUT2D eigenvalue weighted by molar-refractivity contribution is 9.10. The third-order valence-corrected chi connectivity index (χ3v) is 14.8. The van der Waals surface area contributed by atoms with Crippen LogP contribution in [0, 0.1) is 25.7 Å². The zero-order valence-corrected chi connectivity index (χ0v) is 49.5. The Hall–Kier alpha value is -7.44. The van der Waals surface area contributed by atoms with Crippen LogP contribution >= 0.6 is 15.9 Å². The summed E-state index contributed by atoms with van der Waals surface area (Å²) in [5.41, 5.74) is 5.59. The Labute approximate surface area is 474 Å². The van der Waals surface area contributed by atoms with Crippen molar-refractivity contribution in [2.75, 3.05) is 27.4 Å². The summed E-state index contributed by atoms with van der Waals surface area (Å²) in [5, 5.41) is 17.7. The maximum Gasteiger partial charge on any atom is 0.498 e. The second kappa shape index (κ2) is 23.3. The number of carbonyl (C=O) groups is 2. The van der Waals surface area contributed by atoms with Crippen molar-refractivity contribution in [3.05, 3.63) is 89.7 Å². The van der Waals surface area contributed by atoms with Crippen molar-refractivity contribution < 1.29 is 37.8 Å². The second-order valence-corrected chi connectivity index (χ2v) is 22.7. The fourth-order valence-corrected chi connectivity index (χ4v) is 9.71. The summed E-state index contributed by atoms with van der Waals surface area (Å²) in [7, 11) is 2.35. The van der Waals surface area contributed by atoms with E-state index in [-0.39, 0.29) is 47.1 Å². The molecule has 1 fully saturated rings. The van der Waals surface area contributed by atoms with Crippen molar-refractivity contribution in [2.45, 2.75) is 133 Å². The number of methoxy groups -OCH3 is 2. The van der Waals surface area contributed by atoms with Crippen LogP contribution in [0.3, 0.4) is 0 Å². The number of rotatable bonds is 12. The first kappa shape index (κ1) is 57.3. The molecule has 22 nitrogen and oxygen atoms in total. The minimum absolute atomic E-state index is 0.183. The average Bonchev–Trinajstić information content (AvgIpc) is 4.36. The average molecular weight is 1160 g/mol. The Kier molecular flexibility index (Phi) is 16.7. The number of carbonyl (C=O) groups excluding carboxylic acids is 2. The van der Waals surface area contributed by atoms with E-state index in [2.05, 4.69) is 83.1 Å². The molecule has 0 radical (unpaired) electrons. The SMILES string of the molecule is COC(=O)C(C)Cn1cc(-c2ccc3c(c2)OCCn2cc(-c4nc(C)nn4C(C)C)nc2-3)cn1.COC(=O)C(C)Cn1cc(B2OC(C)(C)C(C)(C)O2)cn1.Cc1nc(-c2cn3c(n2)-c2ccc(Br)cc2OCC3)n(C(C)C)n1. The quantitative estimate of drug-likeness (QED) is 0.0825. The van der Waals surface area contributed by atoms with Gasteiger partial charge in [-0.05, 0) is 105 Å². The van der Waals surface area contributed by atoms with E-state index in [0.717, 1.165) is 96.6 Å². The van der Waals surface area contributed by atoms with Gasteiger partial charge in [0.25, 0.3) is 0 Å². The first-order valence-corrected chi connectivity index (χ1v) is 27.6. The zero-order chi connectivity index (χ0) is 57.4. The molecule has 11 rings (SSSR count). The molecule has 0 bridgehead atoms. The molecule has 8 aromatic rings. The monoisotopic (exact) mass is 1160 g/mol. The molecule has 80 heavy (non-hydrogen) atoms. The van der Waals surface area contributed by atoms with Crippen molar-refractivity contribution in [1.82, 2.24) is 68.2 Å². The highest BCUT2D eigenvalue weighted by Gasteiger charge is 2.52. The summed E-state index contributed by atoms with van der Waals surface area (Å²) in [5.74, 6) is 5.41. The van der Waals surface area contributed by atoms with Crippen LogP contribution in [0.4, 0.5) is 0 Å². The number of hydrogen-bond acceptors (Lipinski definition) is 16. The van der Waals surface area contributed by atoms with Crippen LogP contribution in [-0.2, 0) is 54.6 Å². The summed E-state index contributed by atoms with van der Waals surface area (Å²) in [6, 6.07) is 12.5. The lowest BCUT2D eigenvalue weighted by atomic mass is 9.82. The van der Waals surface area contributed by atoms with E-state index < -0.39 is 7.12 Å². The molecule has 9 heterocycles. The maximum atomic E-state index is 11.7. The predicted octanol–water partition coefficient (Wildman–Crippen LogP) is 8.61. The fraction of sp³-hybridized carbons (Fsp3) is 0.464. The van der Waals surface area contributed by atoms with E-state index in [1.165, 1.54) is 14.2 Å². The predicted molar refractivity (Wildman–Crippen MR) is 304 cm³/mol. The molecule has 6 aromatic heterocycles. The molecular weight excluding hydrogens is 1090 g/mol. The van der Waals surface area contributed by atoms with Crippen LogP contribution in [-0.4, -0.2) is 126 Å². The summed E-state index contributed by atoms with van der Waals surface area (Å²) in [4.78, 5) is 42.2. The fourth-order valence-electron chi connectivity index (χ4n) is 9.37. The molecule has 24 heteroatoms. The number of aromatic nitrogens is 14. The number of benzene rings is 2. The van der Waals surface area contributed by atoms with Crippen molar-refractivity contribution in [2.24, 2.45) is 11.8 Å². The van der Waals surface area contributed by atoms with Crippen molar-refractivity contribution in [1.29, 1.82) is 0 Å². The molecule has 0 N–H and O–H groups in total. The molecule has 1 saturated heterocycles. The van der Waals surface area contributed by atoms with Crippen molar-refractivity contribution in [3.63, 3.8) is 0 Å². The third kappa shape index (κ3) is 12.2. The minimum Gasteiger partial charge on any atom is -0.491 e. The Morgan fingerprint density at radius 2 is 1.10 bits per heavy atom. The normalized spacial score (nSPS) is 15.6. The van der Waals surface area contributed by atoms with Gasteiger partial charge in [-0.2, -0.15) is 20.4 Å². The van der Waals surface area contributed by atoms with Gasteiger partial charge in [0.2, 0.25) is 0 Å². The van der Waals surface area contributed by atoms with Gasteiger partial charge in [0.05, 0.1) is 80.8 Å². The second-order valence-electron chi connectivity index (χ2n) is 21.8. The lowest BCUT2D eigenvalue weighted by Crippen LogP contribution is -2.41. The minimum atomic E-state index is -0.433. The molecule has 3 aliphatic rings. The summed E-state index contributed by atoms with van der Waals surface area (Å²) < 4.78 is 46.0. The topological polar surface area (TPSA) is 222 Å². The van der Waals surface area contributed by atoms with Gasteiger partial charge in [-0.15, -0.1) is 0 Å². The van der Waals surface area contributed by atoms with E-state index in [1.54, 1.807) is 21.8 Å². The van der Waals surface area contributed by atoms with Crippen molar-refractivity contribution >= 4 is 40.4 Å². The van der Waals surface area contributed by atoms with Crippen LogP contribution in [0.5, 0.6) is 11.5 Å². The Bertz CT molecular complexity index is 3500. The maximum absolute atomic E-state index is 11.7. The Morgan fingerprint density at radius 3 is 1.60 bits per heavy atom. The number of aryl methyl sites for hydroxylation is 2. The molecule has 0 amide bonds. The number of ether oxygens (including phenoxy) is 4. The Balaban J connectivity index is 0.000000152. The van der Waals surface area contributed by atoms with Crippen LogP contribution in [0.15, 0.2) is 78.1 Å². The molecule has 0 saturated carbocycles. The first-order chi connectivity index (χ1) is 38.0. The smallest absolute Gasteiger partial charge is 0.491 e. The molecular formula is C56H70BBrN14O8. The number of halogens is 1. The van der Waals surface area contributed by atoms with Gasteiger partial charge in [-0.1, -0.05) is 35.8 Å². The zero-order valence-electron chi connectivity index (χ0n) is 48.0. The number of nitrogens with zero attached hydrogens (tertiary/aromatic N) is 14. The van der Waals surface area contributed by atoms with Crippen LogP contribution in [0.25, 0.3) is 56.9 Å². The first-order valence-electron chi connectivity index (χ1n) is 26.8. The highest BCUT2D eigenvalue weighted by atomic mass is 79.9. The molecule has 0 spiro atoms. The van der Waals surface area contributed by atoms with Crippen LogP contribution in [0.1, 0.15) is 93.0 Å². The van der Waals surface area contributed by atoms with Crippen molar-refractivity contribution in [3.8, 4) is 68.4 Å². The Morgan fingerprint density at radius 1 is 0.625 bits per heavy atom. The van der Waals surface area contributed by atoms with Gasteiger partial charge >= 0.3 is 19.1 Å². The van der Waals surface area contributed by atoms with Gasteiger partial charge in [0.1, 0.15) is 59.4 Å². The molecule has 2 unspecified atom stereocenters. The van der Waals surface area contributed by atoms with Crippen LogP contribution in [0.2, 0.25) is 0 Å². The van der Waals surface area contributed by atoms with Gasteiger partial charge in [0.15, 0.2) is 11.6 Å². The molecule has 2 atom stereocenters. The number of fused-ring (bicyclic) bond motifs is 6. The number of imidazole rings is 2. The number of hydrogen-bond donors (Lipinski definition) is 0.